The van der Waals surface area contributed by atoms with Crippen LogP contribution in [-0.4, -0.2) is 34.1 Å². The molecule has 0 aromatic heterocycles. The highest BCUT2D eigenvalue weighted by Gasteiger charge is 2.26. The predicted octanol–water partition coefficient (Wildman–Crippen LogP) is 1.62. The second-order valence-electron chi connectivity index (χ2n) is 5.35. The fourth-order valence-electron chi connectivity index (χ4n) is 2.67. The Morgan fingerprint density at radius 2 is 2.24 bits per heavy atom. The maximum atomic E-state index is 11.1. The average molecular weight is 294 g/mol. The highest BCUT2D eigenvalue weighted by molar-refractivity contribution is 5.65. The monoisotopic (exact) mass is 294 g/mol. The number of nitrogens with two attached hydrogens (primary N) is 1. The van der Waals surface area contributed by atoms with Crippen molar-refractivity contribution in [1.82, 2.24) is 4.90 Å². The fourth-order valence-corrected chi connectivity index (χ4v) is 2.67. The van der Waals surface area contributed by atoms with E-state index in [4.69, 9.17) is 10.9 Å². The Bertz CT molecular complexity index is 491. The molecule has 0 amide bonds. The largest absolute Gasteiger partial charge is 0.396 e. The van der Waals surface area contributed by atoms with E-state index in [1.165, 1.54) is 12.5 Å². The molecule has 0 atom stereocenters. The van der Waals surface area contributed by atoms with Crippen LogP contribution in [0.4, 0.5) is 11.4 Å². The van der Waals surface area contributed by atoms with Crippen LogP contribution in [0.2, 0.25) is 0 Å². The molecule has 0 radical (unpaired) electrons. The van der Waals surface area contributed by atoms with Crippen molar-refractivity contribution in [2.75, 3.05) is 18.6 Å². The number of nitrogens with zero attached hydrogens (tertiary/aromatic N) is 2. The van der Waals surface area contributed by atoms with Gasteiger partial charge >= 0.3 is 0 Å². The zero-order valence-corrected chi connectivity index (χ0v) is 12.0. The van der Waals surface area contributed by atoms with E-state index in [1.807, 2.05) is 6.07 Å². The number of anilines is 1. The van der Waals surface area contributed by atoms with Crippen molar-refractivity contribution in [2.45, 2.75) is 38.3 Å². The molecule has 1 saturated carbocycles. The van der Waals surface area contributed by atoms with Crippen LogP contribution < -0.4 is 11.3 Å². The van der Waals surface area contributed by atoms with E-state index in [0.29, 0.717) is 24.7 Å². The first-order valence-corrected chi connectivity index (χ1v) is 7.25. The Morgan fingerprint density at radius 1 is 1.48 bits per heavy atom. The van der Waals surface area contributed by atoms with Crippen LogP contribution in [0, 0.1) is 10.1 Å². The molecule has 1 aliphatic rings. The molecule has 1 aromatic rings. The molecular weight excluding hydrogens is 272 g/mol. The van der Waals surface area contributed by atoms with Gasteiger partial charge in [0, 0.05) is 31.8 Å². The van der Waals surface area contributed by atoms with Crippen molar-refractivity contribution in [1.29, 1.82) is 0 Å². The summed E-state index contributed by atoms with van der Waals surface area (Å²) in [5.74, 6) is 5.47. The van der Waals surface area contributed by atoms with Gasteiger partial charge in [-0.05, 0) is 24.8 Å². The standard InChI is InChI=1S/C14H22N4O3/c15-16-14-11(4-1-7-13(14)18(20)21)10-17(8-3-9-19)12-5-2-6-12/h1,4,7,12,16,19H,2-3,5-6,8-10,15H2. The van der Waals surface area contributed by atoms with Crippen LogP contribution in [0.5, 0.6) is 0 Å². The van der Waals surface area contributed by atoms with Crippen molar-refractivity contribution in [2.24, 2.45) is 5.84 Å². The summed E-state index contributed by atoms with van der Waals surface area (Å²) in [7, 11) is 0. The van der Waals surface area contributed by atoms with Crippen molar-refractivity contribution in [3.63, 3.8) is 0 Å². The van der Waals surface area contributed by atoms with Crippen LogP contribution >= 0.6 is 0 Å². The van der Waals surface area contributed by atoms with Gasteiger partial charge in [-0.2, -0.15) is 0 Å². The van der Waals surface area contributed by atoms with Gasteiger partial charge in [0.2, 0.25) is 0 Å². The van der Waals surface area contributed by atoms with Crippen molar-refractivity contribution >= 4 is 11.4 Å². The molecular formula is C14H22N4O3. The Hall–Kier alpha value is -1.70. The molecule has 0 spiro atoms. The van der Waals surface area contributed by atoms with Crippen molar-refractivity contribution < 1.29 is 10.0 Å². The van der Waals surface area contributed by atoms with Gasteiger partial charge < -0.3 is 10.5 Å². The zero-order valence-electron chi connectivity index (χ0n) is 12.0. The van der Waals surface area contributed by atoms with Crippen LogP contribution in [0.25, 0.3) is 0 Å². The van der Waals surface area contributed by atoms with Gasteiger partial charge in [0.1, 0.15) is 5.69 Å². The number of nitrogens with one attached hydrogen (secondary N) is 1. The summed E-state index contributed by atoms with van der Waals surface area (Å²) in [5, 5.41) is 20.1. The smallest absolute Gasteiger partial charge is 0.293 e. The van der Waals surface area contributed by atoms with Crippen LogP contribution in [-0.2, 0) is 6.54 Å². The molecule has 116 valence electrons. The summed E-state index contributed by atoms with van der Waals surface area (Å²) >= 11 is 0. The SMILES string of the molecule is NNc1c(CN(CCCO)C2CCC2)cccc1[N+](=O)[O-]. The number of aliphatic hydroxyl groups is 1. The number of aliphatic hydroxyl groups excluding tert-OH is 1. The van der Waals surface area contributed by atoms with E-state index in [9.17, 15) is 10.1 Å². The maximum absolute atomic E-state index is 11.1. The van der Waals surface area contributed by atoms with Crippen molar-refractivity contribution in [3.8, 4) is 0 Å². The van der Waals surface area contributed by atoms with Gasteiger partial charge in [0.15, 0.2) is 0 Å². The Labute approximate surface area is 123 Å². The third-order valence-corrected chi connectivity index (χ3v) is 4.04. The molecule has 0 aliphatic heterocycles. The number of hydrogen-bond donors (Lipinski definition) is 3. The number of nitrogen functional groups attached to an aromatic ring is 1. The van der Waals surface area contributed by atoms with Gasteiger partial charge in [0.05, 0.1) is 4.92 Å². The summed E-state index contributed by atoms with van der Waals surface area (Å²) < 4.78 is 0. The Balaban J connectivity index is 2.19. The third kappa shape index (κ3) is 3.69. The number of hydrazine groups is 1. The summed E-state index contributed by atoms with van der Waals surface area (Å²) in [6, 6.07) is 5.48. The molecule has 0 bridgehead atoms. The minimum Gasteiger partial charge on any atom is -0.396 e. The molecule has 1 aromatic carbocycles. The summed E-state index contributed by atoms with van der Waals surface area (Å²) in [4.78, 5) is 12.9. The predicted molar refractivity (Wildman–Crippen MR) is 80.7 cm³/mol. The molecule has 2 rings (SSSR count). The van der Waals surface area contributed by atoms with E-state index in [1.54, 1.807) is 6.07 Å². The van der Waals surface area contributed by atoms with Gasteiger partial charge in [0.25, 0.3) is 5.69 Å². The van der Waals surface area contributed by atoms with Crippen LogP contribution in [0.1, 0.15) is 31.2 Å². The molecule has 0 saturated heterocycles. The molecule has 21 heavy (non-hydrogen) atoms. The van der Waals surface area contributed by atoms with Crippen LogP contribution in [0.15, 0.2) is 18.2 Å². The number of para-hydroxylation sites is 1. The molecule has 4 N–H and O–H groups in total. The maximum Gasteiger partial charge on any atom is 0.293 e. The van der Waals surface area contributed by atoms with Crippen molar-refractivity contribution in [3.05, 3.63) is 33.9 Å². The molecule has 1 aliphatic carbocycles. The summed E-state index contributed by atoms with van der Waals surface area (Å²) in [5.41, 5.74) is 3.64. The average Bonchev–Trinajstić information content (AvgIpc) is 2.42. The van der Waals surface area contributed by atoms with Gasteiger partial charge in [-0.15, -0.1) is 0 Å². The quantitative estimate of drug-likeness (QED) is 0.382. The molecule has 0 heterocycles. The normalized spacial score (nSPS) is 15.0. The zero-order chi connectivity index (χ0) is 15.2. The molecule has 0 unspecified atom stereocenters. The molecule has 1 fully saturated rings. The minimum atomic E-state index is -0.430. The van der Waals surface area contributed by atoms with Crippen LogP contribution in [0.3, 0.4) is 0 Å². The first-order chi connectivity index (χ1) is 10.2. The van der Waals surface area contributed by atoms with E-state index < -0.39 is 4.92 Å². The summed E-state index contributed by atoms with van der Waals surface area (Å²) in [6.07, 6.45) is 4.21. The number of benzene rings is 1. The first-order valence-electron chi connectivity index (χ1n) is 7.25. The van der Waals surface area contributed by atoms with Gasteiger partial charge in [-0.1, -0.05) is 18.6 Å². The third-order valence-electron chi connectivity index (χ3n) is 4.04. The lowest BCUT2D eigenvalue weighted by atomic mass is 9.91. The van der Waals surface area contributed by atoms with Gasteiger partial charge in [-0.25, -0.2) is 0 Å². The van der Waals surface area contributed by atoms with Gasteiger partial charge in [-0.3, -0.25) is 20.9 Å². The Kier molecular flexibility index (Phi) is 5.49. The number of nitro groups is 1. The minimum absolute atomic E-state index is 0.00859. The number of hydrogen-bond acceptors (Lipinski definition) is 6. The lowest BCUT2D eigenvalue weighted by Crippen LogP contribution is -2.40. The second-order valence-corrected chi connectivity index (χ2v) is 5.35. The lowest BCUT2D eigenvalue weighted by molar-refractivity contribution is -0.384. The Morgan fingerprint density at radius 3 is 2.76 bits per heavy atom. The second kappa shape index (κ2) is 7.35. The van der Waals surface area contributed by atoms with E-state index >= 15 is 0 Å². The summed E-state index contributed by atoms with van der Waals surface area (Å²) in [6.45, 7) is 1.54. The van der Waals surface area contributed by atoms with E-state index in [-0.39, 0.29) is 12.3 Å². The fraction of sp³-hybridized carbons (Fsp3) is 0.571. The van der Waals surface area contributed by atoms with E-state index in [2.05, 4.69) is 10.3 Å². The highest BCUT2D eigenvalue weighted by Crippen LogP contribution is 2.31. The number of rotatable bonds is 8. The topological polar surface area (TPSA) is 105 Å². The number of nitro benzene ring substituents is 1. The highest BCUT2D eigenvalue weighted by atomic mass is 16.6. The molecule has 7 nitrogen and oxygen atoms in total. The molecule has 7 heteroatoms. The lowest BCUT2D eigenvalue weighted by Gasteiger charge is -2.37. The first kappa shape index (κ1) is 15.7. The van der Waals surface area contributed by atoms with E-state index in [0.717, 1.165) is 24.9 Å².